The summed E-state index contributed by atoms with van der Waals surface area (Å²) in [5, 5.41) is 25.7. The zero-order chi connectivity index (χ0) is 30.4. The fraction of sp³-hybridized carbons (Fsp3) is 0.333. The second-order valence-corrected chi connectivity index (χ2v) is 12.9. The van der Waals surface area contributed by atoms with E-state index in [1.807, 2.05) is 24.0 Å². The summed E-state index contributed by atoms with van der Waals surface area (Å²) in [7, 11) is 0. The van der Waals surface area contributed by atoms with Gasteiger partial charge in [-0.25, -0.2) is 23.7 Å². The number of halogens is 2. The van der Waals surface area contributed by atoms with Gasteiger partial charge in [0, 0.05) is 30.9 Å². The Balaban J connectivity index is 1.27. The number of pyridine rings is 2. The smallest absolute Gasteiger partial charge is 0.273 e. The van der Waals surface area contributed by atoms with Crippen LogP contribution in [0.4, 0.5) is 19.7 Å². The van der Waals surface area contributed by atoms with Crippen LogP contribution in [0.5, 0.6) is 0 Å². The van der Waals surface area contributed by atoms with Gasteiger partial charge >= 0.3 is 0 Å². The molecule has 0 radical (unpaired) electrons. The molecule has 1 amide bonds. The van der Waals surface area contributed by atoms with E-state index in [9.17, 15) is 19.4 Å². The standard InChI is InChI=1S/C30H32F2N6O3S2/c1-19-6-10-33-24(14-19)37-29-35-15-25(43-29)42-23-7-11-34-27(26(23)32)28(41)36-18-30(20-2-4-21(31)5-3-20)8-12-38(13-9-30)16-22(40)17-39/h2-7,10-11,14-15,22,39-40H,8-9,12-13,16-18H2,1H3,(H,36,41)(H,33,35,37). The minimum Gasteiger partial charge on any atom is -0.394 e. The molecular formula is C30H32F2N6O3S2. The topological polar surface area (TPSA) is 124 Å². The molecule has 1 aliphatic rings. The molecule has 1 aliphatic heterocycles. The molecule has 5 rings (SSSR count). The third-order valence-electron chi connectivity index (χ3n) is 7.45. The Kier molecular flexibility index (Phi) is 9.98. The van der Waals surface area contributed by atoms with Crippen molar-refractivity contribution in [1.82, 2.24) is 25.2 Å². The molecule has 226 valence electrons. The summed E-state index contributed by atoms with van der Waals surface area (Å²) in [6.07, 6.45) is 5.12. The number of aromatic nitrogens is 3. The molecule has 4 N–H and O–H groups in total. The highest BCUT2D eigenvalue weighted by molar-refractivity contribution is 8.01. The number of nitrogens with one attached hydrogen (secondary N) is 2. The number of thiazole rings is 1. The minimum atomic E-state index is -0.838. The van der Waals surface area contributed by atoms with Crippen molar-refractivity contribution in [2.24, 2.45) is 0 Å². The Morgan fingerprint density at radius 3 is 2.58 bits per heavy atom. The number of amides is 1. The van der Waals surface area contributed by atoms with Gasteiger partial charge in [-0.05, 0) is 74.3 Å². The van der Waals surface area contributed by atoms with E-state index in [0.29, 0.717) is 43.4 Å². The second kappa shape index (κ2) is 13.9. The first-order valence-corrected chi connectivity index (χ1v) is 15.4. The molecule has 0 bridgehead atoms. The normalized spacial score (nSPS) is 15.7. The third-order valence-corrected chi connectivity index (χ3v) is 9.50. The van der Waals surface area contributed by atoms with Crippen molar-refractivity contribution in [3.8, 4) is 0 Å². The number of aliphatic hydroxyl groups excluding tert-OH is 2. The van der Waals surface area contributed by atoms with Crippen molar-refractivity contribution in [3.63, 3.8) is 0 Å². The predicted molar refractivity (Wildman–Crippen MR) is 162 cm³/mol. The van der Waals surface area contributed by atoms with Gasteiger partial charge in [0.05, 0.1) is 28.0 Å². The van der Waals surface area contributed by atoms with Gasteiger partial charge in [-0.1, -0.05) is 35.2 Å². The number of carbonyl (C=O) groups excluding carboxylic acids is 1. The Morgan fingerprint density at radius 1 is 1.12 bits per heavy atom. The highest BCUT2D eigenvalue weighted by Crippen LogP contribution is 2.37. The van der Waals surface area contributed by atoms with Crippen LogP contribution in [-0.2, 0) is 5.41 Å². The summed E-state index contributed by atoms with van der Waals surface area (Å²) in [4.78, 5) is 28.2. The summed E-state index contributed by atoms with van der Waals surface area (Å²) in [6.45, 7) is 3.39. The van der Waals surface area contributed by atoms with E-state index in [1.165, 1.54) is 35.7 Å². The van der Waals surface area contributed by atoms with Gasteiger partial charge in [-0.15, -0.1) is 0 Å². The maximum Gasteiger partial charge on any atom is 0.273 e. The maximum absolute atomic E-state index is 15.6. The monoisotopic (exact) mass is 626 g/mol. The Hall–Kier alpha value is -3.49. The van der Waals surface area contributed by atoms with Gasteiger partial charge < -0.3 is 25.7 Å². The van der Waals surface area contributed by atoms with Gasteiger partial charge in [0.1, 0.15) is 11.6 Å². The van der Waals surface area contributed by atoms with Crippen LogP contribution in [0.2, 0.25) is 0 Å². The van der Waals surface area contributed by atoms with Gasteiger partial charge in [0.15, 0.2) is 16.6 Å². The molecule has 4 heterocycles. The lowest BCUT2D eigenvalue weighted by atomic mass is 9.72. The lowest BCUT2D eigenvalue weighted by molar-refractivity contribution is 0.0430. The number of rotatable bonds is 11. The predicted octanol–water partition coefficient (Wildman–Crippen LogP) is 4.53. The molecule has 43 heavy (non-hydrogen) atoms. The third kappa shape index (κ3) is 7.73. The number of likely N-dealkylation sites (tertiary alicyclic amines) is 1. The number of piperidine rings is 1. The number of aliphatic hydroxyl groups is 2. The Morgan fingerprint density at radius 2 is 1.86 bits per heavy atom. The van der Waals surface area contributed by atoms with E-state index in [-0.39, 0.29) is 29.6 Å². The molecule has 1 unspecified atom stereocenters. The Bertz CT molecular complexity index is 1550. The average molecular weight is 627 g/mol. The van der Waals surface area contributed by atoms with Crippen molar-refractivity contribution in [2.75, 3.05) is 38.1 Å². The Labute approximate surface area is 256 Å². The number of hydrogen-bond donors (Lipinski definition) is 4. The van der Waals surface area contributed by atoms with Crippen LogP contribution >= 0.6 is 23.1 Å². The first-order valence-electron chi connectivity index (χ1n) is 13.8. The zero-order valence-electron chi connectivity index (χ0n) is 23.5. The summed E-state index contributed by atoms with van der Waals surface area (Å²) >= 11 is 2.49. The highest BCUT2D eigenvalue weighted by atomic mass is 32.2. The molecule has 1 aromatic carbocycles. The zero-order valence-corrected chi connectivity index (χ0v) is 25.1. The summed E-state index contributed by atoms with van der Waals surface area (Å²) in [5.41, 5.74) is 1.09. The van der Waals surface area contributed by atoms with Crippen LogP contribution in [0.3, 0.4) is 0 Å². The van der Waals surface area contributed by atoms with Crippen LogP contribution < -0.4 is 10.6 Å². The van der Waals surface area contributed by atoms with Crippen LogP contribution in [0.25, 0.3) is 0 Å². The van der Waals surface area contributed by atoms with Gasteiger partial charge in [-0.3, -0.25) is 4.79 Å². The molecule has 13 heteroatoms. The van der Waals surface area contributed by atoms with Crippen LogP contribution in [-0.4, -0.2) is 74.9 Å². The van der Waals surface area contributed by atoms with Gasteiger partial charge in [0.25, 0.3) is 5.91 Å². The summed E-state index contributed by atoms with van der Waals surface area (Å²) in [6, 6.07) is 11.5. The molecule has 4 aromatic rings. The number of benzene rings is 1. The minimum absolute atomic E-state index is 0.198. The molecule has 0 aliphatic carbocycles. The lowest BCUT2D eigenvalue weighted by Crippen LogP contribution is -2.50. The molecule has 0 saturated carbocycles. The van der Waals surface area contributed by atoms with Crippen molar-refractivity contribution in [2.45, 2.75) is 40.4 Å². The van der Waals surface area contributed by atoms with Crippen LogP contribution in [0.1, 0.15) is 34.5 Å². The molecule has 1 atom stereocenters. The van der Waals surface area contributed by atoms with Crippen molar-refractivity contribution < 1.29 is 23.8 Å². The van der Waals surface area contributed by atoms with Crippen molar-refractivity contribution in [3.05, 3.63) is 89.5 Å². The van der Waals surface area contributed by atoms with E-state index < -0.39 is 23.2 Å². The molecule has 3 aromatic heterocycles. The fourth-order valence-corrected chi connectivity index (χ4v) is 6.94. The van der Waals surface area contributed by atoms with E-state index in [1.54, 1.807) is 24.5 Å². The average Bonchev–Trinajstić information content (AvgIpc) is 3.44. The second-order valence-electron chi connectivity index (χ2n) is 10.5. The number of aryl methyl sites for hydroxylation is 1. The molecule has 9 nitrogen and oxygen atoms in total. The fourth-order valence-electron chi connectivity index (χ4n) is 5.07. The SMILES string of the molecule is Cc1ccnc(Nc2ncc(Sc3ccnc(C(=O)NCC4(c5ccc(F)cc5)CCN(CC(O)CO)CC4)c3F)s2)c1. The van der Waals surface area contributed by atoms with Crippen LogP contribution in [0.15, 0.2) is 70.2 Å². The van der Waals surface area contributed by atoms with Crippen molar-refractivity contribution >= 4 is 40.0 Å². The van der Waals surface area contributed by atoms with E-state index in [0.717, 1.165) is 27.1 Å². The molecule has 1 saturated heterocycles. The van der Waals surface area contributed by atoms with Gasteiger partial charge in [-0.2, -0.15) is 0 Å². The summed E-state index contributed by atoms with van der Waals surface area (Å²) in [5.74, 6) is -1.07. The first kappa shape index (κ1) is 31.0. The first-order chi connectivity index (χ1) is 20.7. The largest absolute Gasteiger partial charge is 0.394 e. The van der Waals surface area contributed by atoms with Crippen molar-refractivity contribution in [1.29, 1.82) is 0 Å². The molecule has 0 spiro atoms. The number of β-amino-alcohol motifs (C(OH)–C–C–N with tert-alkyl or cyclic N) is 1. The van der Waals surface area contributed by atoms with E-state index in [4.69, 9.17) is 0 Å². The van der Waals surface area contributed by atoms with E-state index >= 15 is 4.39 Å². The van der Waals surface area contributed by atoms with E-state index in [2.05, 4.69) is 25.6 Å². The number of nitrogens with zero attached hydrogens (tertiary/aromatic N) is 4. The van der Waals surface area contributed by atoms with Crippen LogP contribution in [0, 0.1) is 18.6 Å². The number of hydrogen-bond acceptors (Lipinski definition) is 10. The van der Waals surface area contributed by atoms with Gasteiger partial charge in [0.2, 0.25) is 0 Å². The molecule has 1 fully saturated rings. The highest BCUT2D eigenvalue weighted by Gasteiger charge is 2.37. The number of carbonyl (C=O) groups is 1. The summed E-state index contributed by atoms with van der Waals surface area (Å²) < 4.78 is 30.0. The molecular weight excluding hydrogens is 594 g/mol. The quantitative estimate of drug-likeness (QED) is 0.190. The number of anilines is 2. The maximum atomic E-state index is 15.6. The lowest BCUT2D eigenvalue weighted by Gasteiger charge is -2.43.